The number of rotatable bonds is 5. The van der Waals surface area contributed by atoms with Gasteiger partial charge in [0.15, 0.2) is 0 Å². The topological polar surface area (TPSA) is 42.2 Å². The van der Waals surface area contributed by atoms with Gasteiger partial charge in [-0.15, -0.1) is 0 Å². The van der Waals surface area contributed by atoms with Crippen molar-refractivity contribution >= 4 is 0 Å². The molecule has 0 radical (unpaired) electrons. The van der Waals surface area contributed by atoms with Crippen LogP contribution in [0, 0.1) is 22.2 Å². The quantitative estimate of drug-likeness (QED) is 0.796. The van der Waals surface area contributed by atoms with Crippen LogP contribution in [0.2, 0.25) is 0 Å². The molecule has 1 fully saturated rings. The Hall–Kier alpha value is -1.69. The highest BCUT2D eigenvalue weighted by atomic mass is 16.5. The van der Waals surface area contributed by atoms with E-state index in [4.69, 9.17) is 9.47 Å². The first-order valence-corrected chi connectivity index (χ1v) is 7.67. The van der Waals surface area contributed by atoms with Crippen LogP contribution < -0.4 is 9.47 Å². The van der Waals surface area contributed by atoms with Gasteiger partial charge in [-0.2, -0.15) is 5.26 Å². The molecule has 0 amide bonds. The van der Waals surface area contributed by atoms with Gasteiger partial charge in [0.25, 0.3) is 0 Å². The van der Waals surface area contributed by atoms with Gasteiger partial charge in [-0.25, -0.2) is 0 Å². The molecule has 0 N–H and O–H groups in total. The summed E-state index contributed by atoms with van der Waals surface area (Å²) < 4.78 is 10.9. The molecule has 1 aliphatic rings. The van der Waals surface area contributed by atoms with Crippen molar-refractivity contribution in [2.45, 2.75) is 46.0 Å². The van der Waals surface area contributed by atoms with Gasteiger partial charge in [0, 0.05) is 6.42 Å². The average Bonchev–Trinajstić information content (AvgIpc) is 2.50. The maximum atomic E-state index is 9.56. The molecule has 3 heteroatoms. The van der Waals surface area contributed by atoms with Crippen molar-refractivity contribution in [2.24, 2.45) is 10.8 Å². The van der Waals surface area contributed by atoms with Crippen molar-refractivity contribution in [3.63, 3.8) is 0 Å². The molecule has 3 nitrogen and oxygen atoms in total. The van der Waals surface area contributed by atoms with Crippen LogP contribution in [0.4, 0.5) is 0 Å². The van der Waals surface area contributed by atoms with Gasteiger partial charge in [0.1, 0.15) is 11.5 Å². The summed E-state index contributed by atoms with van der Waals surface area (Å²) in [6.45, 7) is 5.19. The molecule has 1 aromatic carbocycles. The van der Waals surface area contributed by atoms with Gasteiger partial charge in [-0.3, -0.25) is 0 Å². The molecule has 114 valence electrons. The van der Waals surface area contributed by atoms with E-state index in [1.165, 1.54) is 0 Å². The molecular formula is C18H25NO2. The molecule has 1 aromatic rings. The molecule has 0 unspecified atom stereocenters. The van der Waals surface area contributed by atoms with Crippen LogP contribution in [0.1, 0.15) is 46.0 Å². The Bertz CT molecular complexity index is 489. The summed E-state index contributed by atoms with van der Waals surface area (Å²) >= 11 is 0. The third-order valence-corrected chi connectivity index (χ3v) is 4.71. The Morgan fingerprint density at radius 2 is 1.62 bits per heavy atom. The van der Waals surface area contributed by atoms with Crippen LogP contribution in [0.3, 0.4) is 0 Å². The van der Waals surface area contributed by atoms with E-state index in [-0.39, 0.29) is 5.41 Å². The Labute approximate surface area is 127 Å². The van der Waals surface area contributed by atoms with Gasteiger partial charge in [0.05, 0.1) is 25.2 Å². The van der Waals surface area contributed by atoms with Crippen molar-refractivity contribution in [1.82, 2.24) is 0 Å². The summed E-state index contributed by atoms with van der Waals surface area (Å²) in [4.78, 5) is 0. The lowest BCUT2D eigenvalue weighted by atomic mass is 9.64. The first kappa shape index (κ1) is 15.7. The number of ether oxygens (including phenoxy) is 2. The van der Waals surface area contributed by atoms with Crippen molar-refractivity contribution < 1.29 is 9.47 Å². The first-order chi connectivity index (χ1) is 9.99. The molecule has 0 saturated heterocycles. The van der Waals surface area contributed by atoms with Crippen LogP contribution in [0.25, 0.3) is 0 Å². The first-order valence-electron chi connectivity index (χ1n) is 7.67. The highest BCUT2D eigenvalue weighted by molar-refractivity contribution is 5.31. The normalized spacial score (nSPS) is 19.5. The van der Waals surface area contributed by atoms with E-state index in [0.29, 0.717) is 12.0 Å². The lowest BCUT2D eigenvalue weighted by Gasteiger charge is -2.39. The van der Waals surface area contributed by atoms with Crippen molar-refractivity contribution in [3.8, 4) is 17.6 Å². The summed E-state index contributed by atoms with van der Waals surface area (Å²) in [5.74, 6) is 1.66. The molecular weight excluding hydrogens is 262 g/mol. The third kappa shape index (κ3) is 4.14. The molecule has 0 aromatic heterocycles. The Morgan fingerprint density at radius 1 is 1.05 bits per heavy atom. The maximum Gasteiger partial charge on any atom is 0.119 e. The van der Waals surface area contributed by atoms with Crippen LogP contribution >= 0.6 is 0 Å². The molecule has 1 saturated carbocycles. The standard InChI is InChI=1S/C18H25NO2/c1-17(2)8-10-18(14-19,11-9-17)12-13-21-16-6-4-15(20-3)5-7-16/h4-7H,8-13H2,1-3H3. The van der Waals surface area contributed by atoms with Gasteiger partial charge >= 0.3 is 0 Å². The summed E-state index contributed by atoms with van der Waals surface area (Å²) in [7, 11) is 1.65. The minimum Gasteiger partial charge on any atom is -0.497 e. The minimum atomic E-state index is -0.192. The number of benzene rings is 1. The van der Waals surface area contributed by atoms with Gasteiger partial charge < -0.3 is 9.47 Å². The zero-order valence-corrected chi connectivity index (χ0v) is 13.3. The summed E-state index contributed by atoms with van der Waals surface area (Å²) in [5, 5.41) is 9.56. The van der Waals surface area contributed by atoms with Gasteiger partial charge in [0.2, 0.25) is 0 Å². The zero-order chi connectivity index (χ0) is 15.3. The second-order valence-electron chi connectivity index (χ2n) is 6.83. The summed E-state index contributed by atoms with van der Waals surface area (Å²) in [6.07, 6.45) is 5.04. The lowest BCUT2D eigenvalue weighted by molar-refractivity contribution is 0.120. The van der Waals surface area contributed by atoms with Gasteiger partial charge in [-0.05, 0) is 55.4 Å². The fraction of sp³-hybridized carbons (Fsp3) is 0.611. The van der Waals surface area contributed by atoms with Crippen molar-refractivity contribution in [3.05, 3.63) is 24.3 Å². The second-order valence-corrected chi connectivity index (χ2v) is 6.83. The maximum absolute atomic E-state index is 9.56. The van der Waals surface area contributed by atoms with E-state index in [9.17, 15) is 5.26 Å². The van der Waals surface area contributed by atoms with E-state index in [2.05, 4.69) is 19.9 Å². The number of hydrogen-bond donors (Lipinski definition) is 0. The molecule has 1 aliphatic carbocycles. The molecule has 21 heavy (non-hydrogen) atoms. The third-order valence-electron chi connectivity index (χ3n) is 4.71. The average molecular weight is 287 g/mol. The van der Waals surface area contributed by atoms with Crippen LogP contribution in [0.15, 0.2) is 24.3 Å². The van der Waals surface area contributed by atoms with Crippen LogP contribution in [-0.4, -0.2) is 13.7 Å². The summed E-state index contributed by atoms with van der Waals surface area (Å²) in [5.41, 5.74) is 0.194. The fourth-order valence-electron chi connectivity index (χ4n) is 2.86. The monoisotopic (exact) mass is 287 g/mol. The molecule has 2 rings (SSSR count). The predicted molar refractivity (Wildman–Crippen MR) is 83.4 cm³/mol. The smallest absolute Gasteiger partial charge is 0.119 e. The molecule has 0 spiro atoms. The van der Waals surface area contributed by atoms with E-state index in [0.717, 1.165) is 43.6 Å². The lowest BCUT2D eigenvalue weighted by Crippen LogP contribution is -2.31. The van der Waals surface area contributed by atoms with Crippen molar-refractivity contribution in [1.29, 1.82) is 5.26 Å². The fourth-order valence-corrected chi connectivity index (χ4v) is 2.86. The second kappa shape index (κ2) is 6.39. The van der Waals surface area contributed by atoms with Gasteiger partial charge in [-0.1, -0.05) is 13.8 Å². The SMILES string of the molecule is COc1ccc(OCCC2(C#N)CCC(C)(C)CC2)cc1. The molecule has 0 bridgehead atoms. The Kier molecular flexibility index (Phi) is 4.77. The highest BCUT2D eigenvalue weighted by Crippen LogP contribution is 2.46. The predicted octanol–water partition coefficient (Wildman–Crippen LogP) is 4.57. The number of nitrogens with zero attached hydrogens (tertiary/aromatic N) is 1. The van der Waals surface area contributed by atoms with E-state index < -0.39 is 0 Å². The van der Waals surface area contributed by atoms with Crippen LogP contribution in [0.5, 0.6) is 11.5 Å². The minimum absolute atomic E-state index is 0.192. The summed E-state index contributed by atoms with van der Waals surface area (Å²) in [6, 6.07) is 10.1. The molecule has 0 heterocycles. The van der Waals surface area contributed by atoms with Crippen molar-refractivity contribution in [2.75, 3.05) is 13.7 Å². The molecule has 0 aliphatic heterocycles. The van der Waals surface area contributed by atoms with E-state index >= 15 is 0 Å². The number of hydrogen-bond acceptors (Lipinski definition) is 3. The highest BCUT2D eigenvalue weighted by Gasteiger charge is 2.38. The largest absolute Gasteiger partial charge is 0.497 e. The number of methoxy groups -OCH3 is 1. The number of nitriles is 1. The van der Waals surface area contributed by atoms with E-state index in [1.807, 2.05) is 24.3 Å². The zero-order valence-electron chi connectivity index (χ0n) is 13.3. The van der Waals surface area contributed by atoms with Crippen LogP contribution in [-0.2, 0) is 0 Å². The Morgan fingerprint density at radius 3 is 2.14 bits per heavy atom. The Balaban J connectivity index is 1.85. The molecule has 0 atom stereocenters. The van der Waals surface area contributed by atoms with E-state index in [1.54, 1.807) is 7.11 Å².